The minimum Gasteiger partial charge on any atom is -0.504 e. The van der Waals surface area contributed by atoms with Crippen molar-refractivity contribution in [2.75, 3.05) is 7.11 Å². The number of aromatic hydroxyl groups is 1. The molecule has 1 aromatic carbocycles. The smallest absolute Gasteiger partial charge is 0.268 e. The lowest BCUT2D eigenvalue weighted by molar-refractivity contribution is -0.119. The lowest BCUT2D eigenvalue weighted by Gasteiger charge is -2.13. The van der Waals surface area contributed by atoms with Gasteiger partial charge in [-0.15, -0.1) is 0 Å². The number of aryl methyl sites for hydroxylation is 1. The van der Waals surface area contributed by atoms with Gasteiger partial charge in [0.05, 0.1) is 12.4 Å². The van der Waals surface area contributed by atoms with Gasteiger partial charge < -0.3 is 9.84 Å². The zero-order chi connectivity index (χ0) is 19.6. The maximum absolute atomic E-state index is 12.2. The highest BCUT2D eigenvalue weighted by Crippen LogP contribution is 2.27. The third-order valence-corrected chi connectivity index (χ3v) is 5.69. The summed E-state index contributed by atoms with van der Waals surface area (Å²) in [6.45, 7) is 2.10. The molecule has 0 radical (unpaired) electrons. The van der Waals surface area contributed by atoms with Crippen molar-refractivity contribution in [3.05, 3.63) is 23.8 Å². The van der Waals surface area contributed by atoms with Crippen molar-refractivity contribution in [3.63, 3.8) is 0 Å². The average molecular weight is 387 g/mol. The first kappa shape index (κ1) is 22.4. The molecule has 0 spiro atoms. The van der Waals surface area contributed by atoms with Crippen LogP contribution in [0.3, 0.4) is 0 Å². The fourth-order valence-corrected chi connectivity index (χ4v) is 3.71. The topological polar surface area (TPSA) is 101 Å². The van der Waals surface area contributed by atoms with E-state index in [9.17, 15) is 22.9 Å². The summed E-state index contributed by atoms with van der Waals surface area (Å²) < 4.78 is 37.5. The maximum atomic E-state index is 12.2. The number of rotatable bonds is 13. The number of phenols is 1. The molecule has 0 unspecified atom stereocenters. The van der Waals surface area contributed by atoms with E-state index in [-0.39, 0.29) is 24.4 Å². The lowest BCUT2D eigenvalue weighted by Crippen LogP contribution is -2.24. The molecule has 6 nitrogen and oxygen atoms in total. The lowest BCUT2D eigenvalue weighted by atomic mass is 10.0. The summed E-state index contributed by atoms with van der Waals surface area (Å²) in [5.74, 6) is 0.156. The number of Topliss-reactive ketones (excluding diaryl/α,β-unsaturated/α-hetero) is 1. The van der Waals surface area contributed by atoms with Crippen molar-refractivity contribution in [2.24, 2.45) is 0 Å². The van der Waals surface area contributed by atoms with Crippen molar-refractivity contribution in [1.82, 2.24) is 0 Å². The minimum atomic E-state index is -4.23. The van der Waals surface area contributed by atoms with Gasteiger partial charge in [0.25, 0.3) is 10.1 Å². The van der Waals surface area contributed by atoms with Crippen LogP contribution >= 0.6 is 0 Å². The van der Waals surface area contributed by atoms with Gasteiger partial charge >= 0.3 is 0 Å². The molecule has 0 heterocycles. The van der Waals surface area contributed by atoms with Gasteiger partial charge in [-0.1, -0.05) is 45.1 Å². The number of unbranched alkanes of at least 4 members (excludes halogenated alkanes) is 4. The summed E-state index contributed by atoms with van der Waals surface area (Å²) in [4.78, 5) is 12.2. The summed E-state index contributed by atoms with van der Waals surface area (Å²) in [5, 5.41) is 8.55. The third-order valence-electron chi connectivity index (χ3n) is 4.44. The van der Waals surface area contributed by atoms with Crippen LogP contribution in [-0.4, -0.2) is 36.2 Å². The van der Waals surface area contributed by atoms with Gasteiger partial charge in [0.2, 0.25) is 0 Å². The summed E-state index contributed by atoms with van der Waals surface area (Å²) in [7, 11) is -2.78. The molecule has 0 aliphatic rings. The second kappa shape index (κ2) is 11.2. The molecule has 7 heteroatoms. The Morgan fingerprint density at radius 2 is 1.88 bits per heavy atom. The number of ketones is 1. The molecule has 0 amide bonds. The molecule has 1 aromatic rings. The SMILES string of the molecule is CCCCCCC[C@@H](CC(=O)CCc1ccc(O)c(OC)c1)S(=O)(=O)O. The highest BCUT2D eigenvalue weighted by molar-refractivity contribution is 7.86. The summed E-state index contributed by atoms with van der Waals surface area (Å²) in [5.41, 5.74) is 0.816. The van der Waals surface area contributed by atoms with Gasteiger partial charge in [-0.3, -0.25) is 9.35 Å². The molecule has 148 valence electrons. The first-order chi connectivity index (χ1) is 12.3. The van der Waals surface area contributed by atoms with E-state index >= 15 is 0 Å². The van der Waals surface area contributed by atoms with E-state index in [0.717, 1.165) is 31.2 Å². The molecule has 0 aromatic heterocycles. The van der Waals surface area contributed by atoms with Gasteiger partial charge in [0, 0.05) is 12.8 Å². The molecule has 1 rings (SSSR count). The Balaban J connectivity index is 2.53. The van der Waals surface area contributed by atoms with Gasteiger partial charge in [-0.25, -0.2) is 0 Å². The van der Waals surface area contributed by atoms with Crippen LogP contribution in [0.2, 0.25) is 0 Å². The Kier molecular flexibility index (Phi) is 9.65. The second-order valence-corrected chi connectivity index (χ2v) is 8.29. The number of carbonyl (C=O) groups excluding carboxylic acids is 1. The van der Waals surface area contributed by atoms with Crippen molar-refractivity contribution in [2.45, 2.75) is 70.0 Å². The number of benzene rings is 1. The zero-order valence-electron chi connectivity index (χ0n) is 15.6. The van der Waals surface area contributed by atoms with Crippen molar-refractivity contribution in [3.8, 4) is 11.5 Å². The van der Waals surface area contributed by atoms with E-state index in [2.05, 4.69) is 6.92 Å². The average Bonchev–Trinajstić information content (AvgIpc) is 2.59. The molecule has 1 atom stereocenters. The van der Waals surface area contributed by atoms with Crippen LogP contribution in [0.4, 0.5) is 0 Å². The van der Waals surface area contributed by atoms with Crippen LogP contribution in [-0.2, 0) is 21.3 Å². The number of carbonyl (C=O) groups is 1. The quantitative estimate of drug-likeness (QED) is 0.394. The predicted octanol–water partition coefficient (Wildman–Crippen LogP) is 3.91. The van der Waals surface area contributed by atoms with Crippen molar-refractivity contribution in [1.29, 1.82) is 0 Å². The van der Waals surface area contributed by atoms with Crippen molar-refractivity contribution >= 4 is 15.9 Å². The minimum absolute atomic E-state index is 0.0251. The Labute approximate surface area is 156 Å². The standard InChI is InChI=1S/C19H30O6S/c1-3-4-5-6-7-8-17(26(22,23)24)14-16(20)11-9-15-10-12-18(21)19(13-15)25-2/h10,12-13,17,21H,3-9,11,14H2,1-2H3,(H,22,23,24)/t17-/m0/s1. The van der Waals surface area contributed by atoms with Crippen LogP contribution in [0.15, 0.2) is 18.2 Å². The molecule has 0 aliphatic carbocycles. The van der Waals surface area contributed by atoms with Crippen LogP contribution in [0.1, 0.15) is 63.9 Å². The summed E-state index contributed by atoms with van der Waals surface area (Å²) >= 11 is 0. The van der Waals surface area contributed by atoms with Gasteiger partial charge in [0.15, 0.2) is 11.5 Å². The van der Waals surface area contributed by atoms with Crippen LogP contribution in [0.25, 0.3) is 0 Å². The molecule has 0 saturated carbocycles. The van der Waals surface area contributed by atoms with Crippen LogP contribution < -0.4 is 4.74 Å². The molecule has 0 aliphatic heterocycles. The second-order valence-electron chi connectivity index (χ2n) is 6.59. The predicted molar refractivity (Wildman–Crippen MR) is 101 cm³/mol. The van der Waals surface area contributed by atoms with E-state index in [0.29, 0.717) is 25.0 Å². The Morgan fingerprint density at radius 3 is 2.50 bits per heavy atom. The van der Waals surface area contributed by atoms with Crippen LogP contribution in [0.5, 0.6) is 11.5 Å². The normalized spacial score (nSPS) is 12.7. The first-order valence-corrected chi connectivity index (χ1v) is 10.6. The number of hydrogen-bond donors (Lipinski definition) is 2. The largest absolute Gasteiger partial charge is 0.504 e. The van der Waals surface area contributed by atoms with E-state index in [1.165, 1.54) is 13.2 Å². The van der Waals surface area contributed by atoms with Crippen molar-refractivity contribution < 1.29 is 27.6 Å². The summed E-state index contributed by atoms with van der Waals surface area (Å²) in [6, 6.07) is 4.84. The number of ether oxygens (including phenoxy) is 1. The fourth-order valence-electron chi connectivity index (χ4n) is 2.85. The highest BCUT2D eigenvalue weighted by Gasteiger charge is 2.25. The zero-order valence-corrected chi connectivity index (χ0v) is 16.4. The Bertz CT molecular complexity index is 669. The molecular formula is C19H30O6S. The fraction of sp³-hybridized carbons (Fsp3) is 0.632. The van der Waals surface area contributed by atoms with E-state index in [1.54, 1.807) is 12.1 Å². The number of methoxy groups -OCH3 is 1. The van der Waals surface area contributed by atoms with Gasteiger partial charge in [0.1, 0.15) is 5.78 Å². The molecule has 0 saturated heterocycles. The monoisotopic (exact) mass is 386 g/mol. The van der Waals surface area contributed by atoms with E-state index in [4.69, 9.17) is 4.74 Å². The Morgan fingerprint density at radius 1 is 1.19 bits per heavy atom. The van der Waals surface area contributed by atoms with E-state index in [1.807, 2.05) is 0 Å². The molecular weight excluding hydrogens is 356 g/mol. The van der Waals surface area contributed by atoms with E-state index < -0.39 is 15.4 Å². The number of phenolic OH excluding ortho intramolecular Hbond substituents is 1. The van der Waals surface area contributed by atoms with Gasteiger partial charge in [-0.2, -0.15) is 8.42 Å². The molecule has 2 N–H and O–H groups in total. The number of hydrogen-bond acceptors (Lipinski definition) is 5. The summed E-state index contributed by atoms with van der Waals surface area (Å²) in [6.07, 6.45) is 5.57. The third kappa shape index (κ3) is 8.19. The first-order valence-electron chi connectivity index (χ1n) is 9.11. The van der Waals surface area contributed by atoms with Crippen LogP contribution in [0, 0.1) is 0 Å². The molecule has 26 heavy (non-hydrogen) atoms. The van der Waals surface area contributed by atoms with Gasteiger partial charge in [-0.05, 0) is 30.5 Å². The molecule has 0 fully saturated rings. The Hall–Kier alpha value is -1.60. The maximum Gasteiger partial charge on any atom is 0.268 e. The highest BCUT2D eigenvalue weighted by atomic mass is 32.2. The molecule has 0 bridgehead atoms.